The number of rotatable bonds is 7. The van der Waals surface area contributed by atoms with Crippen LogP contribution < -0.4 is 5.01 Å². The Morgan fingerprint density at radius 2 is 1.31 bits per heavy atom. The number of hydrogen-bond acceptors (Lipinski definition) is 3. The first-order valence-corrected chi connectivity index (χ1v) is 12.5. The maximum absolute atomic E-state index is 9.50. The first-order valence-electron chi connectivity index (χ1n) is 12.5. The van der Waals surface area contributed by atoms with Crippen LogP contribution in [-0.4, -0.2) is 11.3 Å². The van der Waals surface area contributed by atoms with Crippen LogP contribution in [0.3, 0.4) is 0 Å². The van der Waals surface area contributed by atoms with E-state index < -0.39 is 0 Å². The Bertz CT molecular complexity index is 1670. The van der Waals surface area contributed by atoms with Crippen LogP contribution in [0.4, 0.5) is 11.4 Å². The SMILES string of the molecule is CCCc1ccc(N(N=Cc2cc3cccc4ccc5cccc2c5c43)c2ccc(CO)cc2)cc1. The fourth-order valence-corrected chi connectivity index (χ4v) is 5.13. The molecular weight excluding hydrogens is 440 g/mol. The highest BCUT2D eigenvalue weighted by Crippen LogP contribution is 2.36. The van der Waals surface area contributed by atoms with Crippen molar-refractivity contribution in [1.29, 1.82) is 0 Å². The van der Waals surface area contributed by atoms with Crippen LogP contribution in [0.25, 0.3) is 32.3 Å². The molecule has 0 bridgehead atoms. The largest absolute Gasteiger partial charge is 0.392 e. The van der Waals surface area contributed by atoms with Gasteiger partial charge < -0.3 is 5.11 Å². The number of benzene rings is 6. The molecule has 0 atom stereocenters. The molecule has 0 aromatic heterocycles. The maximum Gasteiger partial charge on any atom is 0.0681 e. The lowest BCUT2D eigenvalue weighted by Gasteiger charge is -2.20. The molecule has 0 spiro atoms. The number of hydrazone groups is 1. The highest BCUT2D eigenvalue weighted by molar-refractivity contribution is 6.26. The topological polar surface area (TPSA) is 35.8 Å². The van der Waals surface area contributed by atoms with Crippen molar-refractivity contribution in [3.8, 4) is 0 Å². The quantitative estimate of drug-likeness (QED) is 0.146. The van der Waals surface area contributed by atoms with Gasteiger partial charge in [0.25, 0.3) is 0 Å². The van der Waals surface area contributed by atoms with Crippen LogP contribution in [0.15, 0.2) is 108 Å². The van der Waals surface area contributed by atoms with Crippen LogP contribution >= 0.6 is 0 Å². The standard InChI is InChI=1S/C33H28N2O/c1-2-5-23-10-16-29(17-11-23)35(30-18-12-24(22-36)13-19-30)34-21-28-20-27-8-3-6-25-14-15-26-7-4-9-31(28)33(26)32(25)27/h3-4,6-21,36H,2,5,22H2,1H3. The monoisotopic (exact) mass is 468 g/mol. The van der Waals surface area contributed by atoms with Crippen LogP contribution in [0.1, 0.15) is 30.0 Å². The minimum atomic E-state index is 0.0249. The Labute approximate surface area is 211 Å². The van der Waals surface area contributed by atoms with E-state index in [1.54, 1.807) is 0 Å². The molecule has 0 heterocycles. The van der Waals surface area contributed by atoms with E-state index in [9.17, 15) is 5.11 Å². The van der Waals surface area contributed by atoms with E-state index >= 15 is 0 Å². The van der Waals surface area contributed by atoms with Gasteiger partial charge in [0.1, 0.15) is 0 Å². The molecule has 0 aliphatic rings. The molecule has 0 aliphatic heterocycles. The maximum atomic E-state index is 9.50. The van der Waals surface area contributed by atoms with E-state index in [1.165, 1.54) is 37.9 Å². The summed E-state index contributed by atoms with van der Waals surface area (Å²) in [7, 11) is 0. The highest BCUT2D eigenvalue weighted by atomic mass is 16.3. The molecule has 3 heteroatoms. The Kier molecular flexibility index (Phi) is 5.84. The van der Waals surface area contributed by atoms with Crippen molar-refractivity contribution < 1.29 is 5.11 Å². The molecule has 0 aliphatic carbocycles. The second-order valence-electron chi connectivity index (χ2n) is 9.31. The summed E-state index contributed by atoms with van der Waals surface area (Å²) in [6.07, 6.45) is 4.16. The van der Waals surface area contributed by atoms with Crippen LogP contribution in [-0.2, 0) is 13.0 Å². The smallest absolute Gasteiger partial charge is 0.0681 e. The number of hydrogen-bond donors (Lipinski definition) is 1. The Morgan fingerprint density at radius 1 is 0.694 bits per heavy atom. The molecule has 0 radical (unpaired) electrons. The van der Waals surface area contributed by atoms with E-state index in [0.29, 0.717) is 0 Å². The van der Waals surface area contributed by atoms with E-state index in [1.807, 2.05) is 35.5 Å². The summed E-state index contributed by atoms with van der Waals surface area (Å²) in [5.74, 6) is 0. The van der Waals surface area contributed by atoms with Gasteiger partial charge in [-0.2, -0.15) is 5.10 Å². The molecule has 3 nitrogen and oxygen atoms in total. The summed E-state index contributed by atoms with van der Waals surface area (Å²) < 4.78 is 0. The Balaban J connectivity index is 1.49. The van der Waals surface area contributed by atoms with E-state index in [2.05, 4.69) is 85.8 Å². The predicted molar refractivity (Wildman–Crippen MR) is 153 cm³/mol. The third-order valence-corrected chi connectivity index (χ3v) is 6.94. The van der Waals surface area contributed by atoms with E-state index in [0.717, 1.165) is 35.3 Å². The number of aliphatic hydroxyl groups is 1. The molecule has 1 N–H and O–H groups in total. The molecular formula is C33H28N2O. The van der Waals surface area contributed by atoms with Gasteiger partial charge in [-0.1, -0.05) is 86.1 Å². The van der Waals surface area contributed by atoms with Gasteiger partial charge >= 0.3 is 0 Å². The van der Waals surface area contributed by atoms with Gasteiger partial charge in [0.2, 0.25) is 0 Å². The number of anilines is 2. The minimum absolute atomic E-state index is 0.0249. The van der Waals surface area contributed by atoms with Crippen molar-refractivity contribution >= 4 is 49.9 Å². The summed E-state index contributed by atoms with van der Waals surface area (Å²) in [6, 6.07) is 36.2. The van der Waals surface area contributed by atoms with E-state index in [4.69, 9.17) is 5.10 Å². The molecule has 6 aromatic carbocycles. The van der Waals surface area contributed by atoms with Crippen LogP contribution in [0.5, 0.6) is 0 Å². The average molecular weight is 469 g/mol. The summed E-state index contributed by atoms with van der Waals surface area (Å²) in [6.45, 7) is 2.22. The summed E-state index contributed by atoms with van der Waals surface area (Å²) >= 11 is 0. The van der Waals surface area contributed by atoms with Crippen molar-refractivity contribution in [3.05, 3.63) is 120 Å². The van der Waals surface area contributed by atoms with Crippen LogP contribution in [0.2, 0.25) is 0 Å². The van der Waals surface area contributed by atoms with Crippen molar-refractivity contribution in [3.63, 3.8) is 0 Å². The van der Waals surface area contributed by atoms with Gasteiger partial charge in [-0.05, 0) is 80.2 Å². The Hall–Kier alpha value is -4.21. The van der Waals surface area contributed by atoms with Crippen molar-refractivity contribution in [2.75, 3.05) is 5.01 Å². The fraction of sp³-hybridized carbons (Fsp3) is 0.121. The molecule has 176 valence electrons. The third-order valence-electron chi connectivity index (χ3n) is 6.94. The van der Waals surface area contributed by atoms with E-state index in [-0.39, 0.29) is 6.61 Å². The van der Waals surface area contributed by atoms with Crippen molar-refractivity contribution in [2.24, 2.45) is 5.10 Å². The average Bonchev–Trinajstić information content (AvgIpc) is 2.93. The van der Waals surface area contributed by atoms with Gasteiger partial charge in [0, 0.05) is 5.56 Å². The van der Waals surface area contributed by atoms with Crippen molar-refractivity contribution in [2.45, 2.75) is 26.4 Å². The molecule has 0 unspecified atom stereocenters. The molecule has 36 heavy (non-hydrogen) atoms. The van der Waals surface area contributed by atoms with Gasteiger partial charge in [0.05, 0.1) is 24.2 Å². The van der Waals surface area contributed by atoms with Gasteiger partial charge in [-0.15, -0.1) is 0 Å². The third kappa shape index (κ3) is 3.98. The minimum Gasteiger partial charge on any atom is -0.392 e. The zero-order chi connectivity index (χ0) is 24.5. The van der Waals surface area contributed by atoms with Gasteiger partial charge in [-0.3, -0.25) is 0 Å². The van der Waals surface area contributed by atoms with Crippen LogP contribution in [0, 0.1) is 0 Å². The van der Waals surface area contributed by atoms with Gasteiger partial charge in [0.15, 0.2) is 0 Å². The highest BCUT2D eigenvalue weighted by Gasteiger charge is 2.12. The zero-order valence-corrected chi connectivity index (χ0v) is 20.4. The summed E-state index contributed by atoms with van der Waals surface area (Å²) in [4.78, 5) is 0. The molecule has 0 saturated heterocycles. The second kappa shape index (κ2) is 9.44. The predicted octanol–water partition coefficient (Wildman–Crippen LogP) is 8.20. The lowest BCUT2D eigenvalue weighted by Crippen LogP contribution is -2.10. The van der Waals surface area contributed by atoms with Crippen molar-refractivity contribution in [1.82, 2.24) is 0 Å². The molecule has 0 fully saturated rings. The molecule has 6 aromatic rings. The van der Waals surface area contributed by atoms with Gasteiger partial charge in [-0.25, -0.2) is 5.01 Å². The number of aryl methyl sites for hydroxylation is 1. The second-order valence-corrected chi connectivity index (χ2v) is 9.31. The lowest BCUT2D eigenvalue weighted by atomic mass is 9.92. The first-order chi connectivity index (χ1) is 17.7. The fourth-order valence-electron chi connectivity index (χ4n) is 5.13. The Morgan fingerprint density at radius 3 is 1.97 bits per heavy atom. The number of nitrogens with zero attached hydrogens (tertiary/aromatic N) is 2. The molecule has 6 rings (SSSR count). The first kappa shape index (κ1) is 22.3. The summed E-state index contributed by atoms with van der Waals surface area (Å²) in [5, 5.41) is 24.0. The lowest BCUT2D eigenvalue weighted by molar-refractivity contribution is 0.282. The molecule has 0 amide bonds. The molecule has 0 saturated carbocycles. The summed E-state index contributed by atoms with van der Waals surface area (Å²) in [5.41, 5.74) is 5.25. The number of aliphatic hydroxyl groups excluding tert-OH is 1. The zero-order valence-electron chi connectivity index (χ0n) is 20.4. The normalized spacial score (nSPS) is 11.8.